The minimum atomic E-state index is -0.333. The number of likely N-dealkylation sites (N-methyl/N-ethyl adjacent to an activating group) is 1. The Morgan fingerprint density at radius 3 is 2.76 bits per heavy atom. The smallest absolute Gasteiger partial charge is 0.277 e. The van der Waals surface area contributed by atoms with Crippen molar-refractivity contribution >= 4 is 22.7 Å². The van der Waals surface area contributed by atoms with Crippen molar-refractivity contribution in [3.8, 4) is 0 Å². The zero-order valence-electron chi connectivity index (χ0n) is 11.5. The van der Waals surface area contributed by atoms with Crippen molar-refractivity contribution in [2.75, 3.05) is 13.6 Å². The molecule has 0 aliphatic heterocycles. The first-order valence-corrected chi connectivity index (χ1v) is 6.41. The summed E-state index contributed by atoms with van der Waals surface area (Å²) >= 11 is 0. The lowest BCUT2D eigenvalue weighted by atomic mass is 10.2. The molecule has 8 nitrogen and oxygen atoms in total. The van der Waals surface area contributed by atoms with E-state index in [0.29, 0.717) is 10.9 Å². The number of hydrogen-bond donors (Lipinski definition) is 2. The van der Waals surface area contributed by atoms with E-state index in [1.165, 1.54) is 7.05 Å². The molecule has 0 saturated carbocycles. The molecule has 0 spiro atoms. The summed E-state index contributed by atoms with van der Waals surface area (Å²) in [5.41, 5.74) is 0.225. The maximum atomic E-state index is 12.1. The molecular weight excluding hydrogens is 274 g/mol. The summed E-state index contributed by atoms with van der Waals surface area (Å²) in [6.07, 6.45) is 0.0456. The zero-order valence-corrected chi connectivity index (χ0v) is 11.5. The van der Waals surface area contributed by atoms with Gasteiger partial charge in [0.15, 0.2) is 0 Å². The molecule has 110 valence electrons. The number of fused-ring (bicyclic) bond motifs is 1. The van der Waals surface area contributed by atoms with E-state index < -0.39 is 0 Å². The highest BCUT2D eigenvalue weighted by molar-refractivity contribution is 5.84. The van der Waals surface area contributed by atoms with Crippen LogP contribution in [0.25, 0.3) is 10.9 Å². The molecule has 2 rings (SSSR count). The molecule has 0 aliphatic rings. The molecule has 0 unspecified atom stereocenters. The van der Waals surface area contributed by atoms with Crippen LogP contribution in [-0.4, -0.2) is 40.4 Å². The normalized spacial score (nSPS) is 10.3. The number of hydrogen-bond acceptors (Lipinski definition) is 5. The summed E-state index contributed by atoms with van der Waals surface area (Å²) in [5, 5.41) is 13.0. The summed E-state index contributed by atoms with van der Waals surface area (Å²) < 4.78 is 1.14. The number of carbonyl (C=O) groups excluding carboxylic acids is 2. The summed E-state index contributed by atoms with van der Waals surface area (Å²) in [5.74, 6) is -0.619. The van der Waals surface area contributed by atoms with Crippen LogP contribution in [0.5, 0.6) is 0 Å². The average molecular weight is 289 g/mol. The van der Waals surface area contributed by atoms with Crippen LogP contribution in [0.1, 0.15) is 6.42 Å². The first-order valence-electron chi connectivity index (χ1n) is 6.41. The molecule has 0 saturated heterocycles. The number of amides is 2. The molecule has 1 aromatic carbocycles. The molecule has 0 radical (unpaired) electrons. The van der Waals surface area contributed by atoms with Crippen LogP contribution < -0.4 is 16.2 Å². The lowest BCUT2D eigenvalue weighted by Crippen LogP contribution is -2.36. The number of nitrogens with one attached hydrogen (secondary N) is 2. The number of nitrogens with zero attached hydrogens (tertiary/aromatic N) is 3. The van der Waals surface area contributed by atoms with Crippen LogP contribution >= 0.6 is 0 Å². The van der Waals surface area contributed by atoms with Gasteiger partial charge in [0.05, 0.1) is 18.5 Å². The molecule has 8 heteroatoms. The van der Waals surface area contributed by atoms with Crippen molar-refractivity contribution < 1.29 is 9.59 Å². The van der Waals surface area contributed by atoms with E-state index in [1.54, 1.807) is 24.3 Å². The van der Waals surface area contributed by atoms with Crippen molar-refractivity contribution in [1.29, 1.82) is 0 Å². The maximum absolute atomic E-state index is 12.1. The average Bonchev–Trinajstić information content (AvgIpc) is 2.52. The Morgan fingerprint density at radius 1 is 1.24 bits per heavy atom. The molecule has 21 heavy (non-hydrogen) atoms. The van der Waals surface area contributed by atoms with Gasteiger partial charge in [0.1, 0.15) is 5.52 Å². The summed E-state index contributed by atoms with van der Waals surface area (Å²) in [6, 6.07) is 6.87. The highest BCUT2D eigenvalue weighted by atomic mass is 16.2. The minimum absolute atomic E-state index is 0.0456. The molecule has 0 bridgehead atoms. The van der Waals surface area contributed by atoms with E-state index in [9.17, 15) is 14.4 Å². The van der Waals surface area contributed by atoms with Gasteiger partial charge in [-0.2, -0.15) is 0 Å². The number of aryl methyl sites for hydroxylation is 1. The van der Waals surface area contributed by atoms with Crippen LogP contribution in [-0.2, 0) is 16.1 Å². The highest BCUT2D eigenvalue weighted by Gasteiger charge is 2.08. The highest BCUT2D eigenvalue weighted by Crippen LogP contribution is 2.03. The van der Waals surface area contributed by atoms with Gasteiger partial charge >= 0.3 is 0 Å². The molecule has 0 atom stereocenters. The van der Waals surface area contributed by atoms with Gasteiger partial charge < -0.3 is 10.6 Å². The van der Waals surface area contributed by atoms with E-state index in [4.69, 9.17) is 0 Å². The third-order valence-corrected chi connectivity index (χ3v) is 2.90. The second-order valence-corrected chi connectivity index (χ2v) is 4.33. The summed E-state index contributed by atoms with van der Waals surface area (Å²) in [7, 11) is 1.48. The van der Waals surface area contributed by atoms with E-state index >= 15 is 0 Å². The van der Waals surface area contributed by atoms with Gasteiger partial charge in [-0.25, -0.2) is 4.68 Å². The number of benzene rings is 1. The van der Waals surface area contributed by atoms with Gasteiger partial charge in [-0.3, -0.25) is 14.4 Å². The number of rotatable bonds is 5. The van der Waals surface area contributed by atoms with Crippen molar-refractivity contribution in [1.82, 2.24) is 25.6 Å². The monoisotopic (exact) mass is 289 g/mol. The molecule has 1 aromatic heterocycles. The van der Waals surface area contributed by atoms with Crippen LogP contribution in [0, 0.1) is 0 Å². The lowest BCUT2D eigenvalue weighted by molar-refractivity contribution is -0.126. The molecule has 0 aliphatic carbocycles. The lowest BCUT2D eigenvalue weighted by Gasteiger charge is -2.06. The fourth-order valence-electron chi connectivity index (χ4n) is 1.73. The fourth-order valence-corrected chi connectivity index (χ4v) is 1.73. The van der Waals surface area contributed by atoms with Crippen molar-refractivity contribution in [2.45, 2.75) is 13.0 Å². The topological polar surface area (TPSA) is 106 Å². The van der Waals surface area contributed by atoms with Crippen LogP contribution in [0.4, 0.5) is 0 Å². The Labute approximate surface area is 120 Å². The van der Waals surface area contributed by atoms with Gasteiger partial charge in [0.25, 0.3) is 5.56 Å². The van der Waals surface area contributed by atoms with Crippen LogP contribution in [0.2, 0.25) is 0 Å². The third-order valence-electron chi connectivity index (χ3n) is 2.90. The third kappa shape index (κ3) is 3.62. The van der Waals surface area contributed by atoms with Crippen molar-refractivity contribution in [3.63, 3.8) is 0 Å². The Hall–Kier alpha value is -2.77. The van der Waals surface area contributed by atoms with E-state index in [1.807, 2.05) is 0 Å². The van der Waals surface area contributed by atoms with Crippen molar-refractivity contribution in [2.24, 2.45) is 0 Å². The Kier molecular flexibility index (Phi) is 4.60. The van der Waals surface area contributed by atoms with E-state index in [2.05, 4.69) is 20.9 Å². The standard InChI is InChI=1S/C13H15N5O3/c1-14-12(20)8-15-11(19)6-7-18-13(21)9-4-2-3-5-10(9)16-17-18/h2-5H,6-8H2,1H3,(H,14,20)(H,15,19). The molecular formula is C13H15N5O3. The molecule has 1 heterocycles. The first kappa shape index (κ1) is 14.6. The molecule has 2 aromatic rings. The Balaban J connectivity index is 2.01. The largest absolute Gasteiger partial charge is 0.358 e. The van der Waals surface area contributed by atoms with Gasteiger partial charge in [-0.1, -0.05) is 17.3 Å². The Morgan fingerprint density at radius 2 is 2.00 bits per heavy atom. The molecule has 2 amide bonds. The zero-order chi connectivity index (χ0) is 15.2. The maximum Gasteiger partial charge on any atom is 0.277 e. The van der Waals surface area contributed by atoms with Gasteiger partial charge in [0, 0.05) is 13.5 Å². The summed E-state index contributed by atoms with van der Waals surface area (Å²) in [4.78, 5) is 34.7. The number of carbonyl (C=O) groups is 2. The number of aromatic nitrogens is 3. The van der Waals surface area contributed by atoms with Crippen LogP contribution in [0.15, 0.2) is 29.1 Å². The predicted octanol–water partition coefficient (Wildman–Crippen LogP) is -0.956. The van der Waals surface area contributed by atoms with Crippen molar-refractivity contribution in [3.05, 3.63) is 34.6 Å². The quantitative estimate of drug-likeness (QED) is 0.737. The van der Waals surface area contributed by atoms with Gasteiger partial charge in [-0.15, -0.1) is 5.10 Å². The Bertz CT molecular complexity index is 725. The second-order valence-electron chi connectivity index (χ2n) is 4.33. The molecule has 2 N–H and O–H groups in total. The van der Waals surface area contributed by atoms with E-state index in [-0.39, 0.29) is 36.9 Å². The van der Waals surface area contributed by atoms with E-state index in [0.717, 1.165) is 4.68 Å². The molecule has 0 fully saturated rings. The summed E-state index contributed by atoms with van der Waals surface area (Å²) in [6.45, 7) is 0.0177. The van der Waals surface area contributed by atoms with Crippen LogP contribution in [0.3, 0.4) is 0 Å². The van der Waals surface area contributed by atoms with Gasteiger partial charge in [-0.05, 0) is 12.1 Å². The predicted molar refractivity (Wildman–Crippen MR) is 75.5 cm³/mol. The first-order chi connectivity index (χ1) is 10.1. The SMILES string of the molecule is CNC(=O)CNC(=O)CCn1nnc2ccccc2c1=O. The second kappa shape index (κ2) is 6.60. The fraction of sp³-hybridized carbons (Fsp3) is 0.308. The minimum Gasteiger partial charge on any atom is -0.358 e. The van der Waals surface area contributed by atoms with Gasteiger partial charge in [0.2, 0.25) is 11.8 Å².